The highest BCUT2D eigenvalue weighted by atomic mass is 27.2. The fourth-order valence-electron chi connectivity index (χ4n) is 15.1. The molecule has 0 aliphatic carbocycles. The van der Waals surface area contributed by atoms with Gasteiger partial charge in [-0.2, -0.15) is 0 Å². The first-order valence-corrected chi connectivity index (χ1v) is 48.6. The number of aryl methyl sites for hydroxylation is 13. The first kappa shape index (κ1) is 95.9. The van der Waals surface area contributed by atoms with Crippen LogP contribution < -0.4 is 37.9 Å². The Morgan fingerprint density at radius 2 is 0.515 bits per heavy atom. The van der Waals surface area contributed by atoms with E-state index in [9.17, 15) is 0 Å². The van der Waals surface area contributed by atoms with E-state index in [0.717, 1.165) is 159 Å². The highest BCUT2D eigenvalue weighted by molar-refractivity contribution is 6.23. The van der Waals surface area contributed by atoms with E-state index in [-0.39, 0.29) is 10.8 Å². The maximum Gasteiger partial charge on any atom is 0.881 e. The van der Waals surface area contributed by atoms with Gasteiger partial charge in [-0.15, -0.1) is 0 Å². The van der Waals surface area contributed by atoms with Crippen molar-refractivity contribution in [2.24, 2.45) is 0 Å². The molecule has 0 unspecified atom stereocenters. The van der Waals surface area contributed by atoms with Crippen LogP contribution in [0.1, 0.15) is 139 Å². The van der Waals surface area contributed by atoms with Gasteiger partial charge < -0.3 is 37.9 Å². The molecule has 20 heteroatoms. The number of para-hydroxylation sites is 5. The summed E-state index contributed by atoms with van der Waals surface area (Å²) in [6, 6.07) is 98.4. The van der Waals surface area contributed by atoms with Crippen molar-refractivity contribution in [3.63, 3.8) is 0 Å². The first-order valence-electron chi connectivity index (χ1n) is 43.9. The fraction of sp³-hybridized carbons (Fsp3) is 0.209. The summed E-state index contributed by atoms with van der Waals surface area (Å²) in [5.74, 6) is 8.12. The SMILES string of the molecule is CCc1cc(C)nc2c([O][Al][O]c3ccc(-c4ccccc4)cc3)cccc12.CCc1cc(C)nc2c([O][Al][O]c3ccc(C)cc3)cccc12.Cc1cc(C)c2cccc([O][Al][O]c3cc(C(C)(C)C)cc(C(C)(C)C)c3)c2n1.Cc1cc(C)c2cccc([O][Al][O]c3cccc(-c4ccccc4)c3)c2n1.Cc1cc(C)cc([O][Al][O]c2cccc3c(C)cc(C)nc23)c1. The normalized spacial score (nSPS) is 10.9. The Labute approximate surface area is 800 Å². The molecule has 5 radical (unpaired) electrons. The maximum atomic E-state index is 6.12. The Hall–Kier alpha value is -11.6. The standard InChI is InChI=1S/C14H22O.2C12H13NO.2C12H10O.3C11H11NO.C8H10O.C7H8O.5Al/c1-13(2,3)10-7-11(14(4,5)6)9-12(15)8-10;2*1-3-9-7-8(2)13-12-10(9)5-4-6-11(12)14;13-12-8-4-7-11(9-12)10-5-2-1-3-6-10;13-12-8-6-11(7-9-12)10-4-2-1-3-5-10;3*1-7-6-8(2)12-11-9(7)4-3-5-10(11)13;1-6-3-7(2)5-8(9)4-6;1-6-2-4-7(8)5-3-6;;;;;/h7-9,15H,1-6H3;2*4-7,14H,3H2,1-2H3;2*1-9,13H;3*3-6,13H,1-2H3;3-5,9H,1-2H3;2-5,8H,1H3;;;;;/q;;;;;;;;;;5*+2/p-10. The third kappa shape index (κ3) is 26.4. The van der Waals surface area contributed by atoms with Crippen LogP contribution >= 0.6 is 0 Å². The van der Waals surface area contributed by atoms with Gasteiger partial charge in [0, 0.05) is 55.4 Å². The third-order valence-corrected chi connectivity index (χ3v) is 25.4. The van der Waals surface area contributed by atoms with Crippen LogP contribution in [-0.2, 0) is 23.7 Å². The molecule has 0 spiro atoms. The molecule has 15 nitrogen and oxygen atoms in total. The molecule has 17 rings (SSSR count). The molecule has 0 bridgehead atoms. The Balaban J connectivity index is 0.000000139. The van der Waals surface area contributed by atoms with Crippen molar-refractivity contribution < 1.29 is 37.9 Å². The molecule has 0 N–H and O–H groups in total. The van der Waals surface area contributed by atoms with Gasteiger partial charge in [-0.05, 0) is 293 Å². The molecular formula is C110H109Al5N5O10. The molecule has 12 aromatic carbocycles. The van der Waals surface area contributed by atoms with Crippen molar-refractivity contribution in [3.05, 3.63) is 375 Å². The highest BCUT2D eigenvalue weighted by Crippen LogP contribution is 2.37. The van der Waals surface area contributed by atoms with Gasteiger partial charge >= 0.3 is 79.4 Å². The number of rotatable bonds is 24. The van der Waals surface area contributed by atoms with E-state index in [1.165, 1.54) is 72.3 Å². The van der Waals surface area contributed by atoms with Gasteiger partial charge in [0.2, 0.25) is 0 Å². The van der Waals surface area contributed by atoms with Crippen molar-refractivity contribution in [3.8, 4) is 79.7 Å². The van der Waals surface area contributed by atoms with Crippen LogP contribution in [0.15, 0.2) is 291 Å². The molecule has 0 aliphatic rings. The Morgan fingerprint density at radius 1 is 0.223 bits per heavy atom. The number of nitrogens with zero attached hydrogens (tertiary/aromatic N) is 5. The third-order valence-electron chi connectivity index (χ3n) is 21.8. The zero-order valence-corrected chi connectivity index (χ0v) is 83.6. The van der Waals surface area contributed by atoms with Crippen LogP contribution in [0, 0.1) is 76.2 Å². The van der Waals surface area contributed by atoms with Crippen LogP contribution in [-0.4, -0.2) is 104 Å². The van der Waals surface area contributed by atoms with Gasteiger partial charge in [0.1, 0.15) is 56.3 Å². The number of pyridine rings is 5. The van der Waals surface area contributed by atoms with Crippen LogP contribution in [0.25, 0.3) is 76.8 Å². The molecule has 0 saturated heterocycles. The molecule has 5 aromatic heterocycles. The van der Waals surface area contributed by atoms with Crippen LogP contribution in [0.5, 0.6) is 57.5 Å². The van der Waals surface area contributed by atoms with E-state index in [1.54, 1.807) is 0 Å². The van der Waals surface area contributed by atoms with Crippen molar-refractivity contribution >= 4 is 134 Å². The zero-order chi connectivity index (χ0) is 92.0. The lowest BCUT2D eigenvalue weighted by atomic mass is 9.80. The summed E-state index contributed by atoms with van der Waals surface area (Å²) in [6.45, 7) is 40.3. The quantitative estimate of drug-likeness (QED) is 0.0526. The molecule has 17 aromatic rings. The highest BCUT2D eigenvalue weighted by Gasteiger charge is 2.24. The lowest BCUT2D eigenvalue weighted by Gasteiger charge is -2.26. The van der Waals surface area contributed by atoms with Crippen LogP contribution in [0.4, 0.5) is 0 Å². The Bertz CT molecular complexity index is 6690. The number of hydrogen-bond donors (Lipinski definition) is 0. The summed E-state index contributed by atoms with van der Waals surface area (Å²) in [7, 11) is 0. The number of benzene rings is 12. The topological polar surface area (TPSA) is 157 Å². The summed E-state index contributed by atoms with van der Waals surface area (Å²) in [6.07, 6.45) is 1.95. The summed E-state index contributed by atoms with van der Waals surface area (Å²) in [4.78, 5) is 23.3. The minimum Gasteiger partial charge on any atom is -0.616 e. The average Bonchev–Trinajstić information content (AvgIpc) is 0.863. The first-order chi connectivity index (χ1) is 62.6. The Morgan fingerprint density at radius 3 is 0.877 bits per heavy atom. The second-order valence-corrected chi connectivity index (χ2v) is 37.7. The summed E-state index contributed by atoms with van der Waals surface area (Å²) >= 11 is -3.33. The van der Waals surface area contributed by atoms with E-state index in [4.69, 9.17) is 37.9 Å². The largest absolute Gasteiger partial charge is 0.881 e. The second-order valence-electron chi connectivity index (χ2n) is 34.4. The van der Waals surface area contributed by atoms with Gasteiger partial charge in [-0.1, -0.05) is 231 Å². The molecule has 0 aliphatic heterocycles. The summed E-state index contributed by atoms with van der Waals surface area (Å²) in [5.41, 5.74) is 26.7. The molecule has 649 valence electrons. The zero-order valence-electron chi connectivity index (χ0n) is 77.8. The molecule has 5 heterocycles. The van der Waals surface area contributed by atoms with Gasteiger partial charge in [0.25, 0.3) is 0 Å². The maximum absolute atomic E-state index is 6.12. The van der Waals surface area contributed by atoms with Crippen molar-refractivity contribution in [2.75, 3.05) is 0 Å². The van der Waals surface area contributed by atoms with Gasteiger partial charge in [-0.3, -0.25) is 0 Å². The van der Waals surface area contributed by atoms with Crippen molar-refractivity contribution in [2.45, 2.75) is 155 Å². The van der Waals surface area contributed by atoms with Crippen LogP contribution in [0.3, 0.4) is 0 Å². The molecule has 0 fully saturated rings. The molecule has 0 atom stereocenters. The van der Waals surface area contributed by atoms with Gasteiger partial charge in [0.15, 0.2) is 0 Å². The lowest BCUT2D eigenvalue weighted by Crippen LogP contribution is -2.18. The monoisotopic (exact) mass is 1790 g/mol. The molecule has 0 saturated carbocycles. The molecular weight excluding hydrogens is 1690 g/mol. The number of hydrogen-bond acceptors (Lipinski definition) is 15. The van der Waals surface area contributed by atoms with Crippen molar-refractivity contribution in [1.29, 1.82) is 0 Å². The van der Waals surface area contributed by atoms with E-state index < -0.39 is 79.4 Å². The van der Waals surface area contributed by atoms with Gasteiger partial charge in [-0.25, -0.2) is 24.9 Å². The second kappa shape index (κ2) is 45.3. The van der Waals surface area contributed by atoms with Crippen LogP contribution in [0.2, 0.25) is 0 Å². The lowest BCUT2D eigenvalue weighted by molar-refractivity contribution is 0.457. The Kier molecular flexibility index (Phi) is 33.4. The molecule has 130 heavy (non-hydrogen) atoms. The van der Waals surface area contributed by atoms with Gasteiger partial charge in [0.05, 0.1) is 28.7 Å². The molecule has 0 amide bonds. The summed E-state index contributed by atoms with van der Waals surface area (Å²) < 4.78 is 59.3. The van der Waals surface area contributed by atoms with E-state index in [0.29, 0.717) is 0 Å². The number of fused-ring (bicyclic) bond motifs is 5. The number of aromatic nitrogens is 5. The predicted molar refractivity (Wildman–Crippen MR) is 535 cm³/mol. The smallest absolute Gasteiger partial charge is 0.616 e. The fourth-order valence-corrected chi connectivity index (χ4v) is 18.1. The van der Waals surface area contributed by atoms with E-state index >= 15 is 0 Å². The minimum atomic E-state index is -0.697. The van der Waals surface area contributed by atoms with E-state index in [1.807, 2.05) is 198 Å². The average molecular weight is 1800 g/mol. The predicted octanol–water partition coefficient (Wildman–Crippen LogP) is 26.6. The van der Waals surface area contributed by atoms with E-state index in [2.05, 4.69) is 249 Å². The van der Waals surface area contributed by atoms with Crippen molar-refractivity contribution in [1.82, 2.24) is 24.9 Å². The summed E-state index contributed by atoms with van der Waals surface area (Å²) in [5, 5.41) is 5.67. The minimum absolute atomic E-state index is 0.0597.